The molecule has 0 aliphatic carbocycles. The summed E-state index contributed by atoms with van der Waals surface area (Å²) in [4.78, 5) is 7.44. The second kappa shape index (κ2) is 9.51. The molecule has 4 nitrogen and oxygen atoms in total. The average molecular weight is 437 g/mol. The van der Waals surface area contributed by atoms with Gasteiger partial charge in [-0.25, -0.2) is 4.98 Å². The average Bonchev–Trinajstić information content (AvgIpc) is 3.33. The van der Waals surface area contributed by atoms with Gasteiger partial charge in [-0.2, -0.15) is 0 Å². The van der Waals surface area contributed by atoms with E-state index in [9.17, 15) is 0 Å². The van der Waals surface area contributed by atoms with Crippen LogP contribution in [0.3, 0.4) is 0 Å². The summed E-state index contributed by atoms with van der Waals surface area (Å²) in [6, 6.07) is 18.9. The Kier molecular flexibility index (Phi) is 6.57. The van der Waals surface area contributed by atoms with E-state index in [1.807, 2.05) is 12.1 Å². The Balaban J connectivity index is 1.59. The standard InChI is InChI=1S/C24H24N2O2S2/c1-27-21-9-6-16(11-22(21)28-2)14-25-15-18-12-17-7-8-19(29-3)13-20(17)26-24(18)23-5-4-10-30-23/h4-13,25H,14-15H2,1-3H3. The van der Waals surface area contributed by atoms with Crippen LogP contribution < -0.4 is 14.8 Å². The maximum atomic E-state index is 5.41. The molecule has 0 radical (unpaired) electrons. The molecule has 30 heavy (non-hydrogen) atoms. The lowest BCUT2D eigenvalue weighted by molar-refractivity contribution is 0.354. The molecule has 0 spiro atoms. The highest BCUT2D eigenvalue weighted by Crippen LogP contribution is 2.31. The number of fused-ring (bicyclic) bond motifs is 1. The number of rotatable bonds is 8. The zero-order valence-corrected chi connectivity index (χ0v) is 18.9. The van der Waals surface area contributed by atoms with Crippen LogP contribution in [0.25, 0.3) is 21.5 Å². The quantitative estimate of drug-likeness (QED) is 0.344. The van der Waals surface area contributed by atoms with Gasteiger partial charge in [0.25, 0.3) is 0 Å². The Bertz CT molecular complexity index is 1140. The van der Waals surface area contributed by atoms with Gasteiger partial charge in [-0.15, -0.1) is 23.1 Å². The third-order valence-electron chi connectivity index (χ3n) is 4.95. The third-order valence-corrected chi connectivity index (χ3v) is 6.55. The predicted octanol–water partition coefficient (Wildman–Crippen LogP) is 5.99. The molecule has 1 N–H and O–H groups in total. The van der Waals surface area contributed by atoms with Gasteiger partial charge in [0.2, 0.25) is 0 Å². The Morgan fingerprint density at radius 2 is 1.83 bits per heavy atom. The first-order chi connectivity index (χ1) is 14.7. The van der Waals surface area contributed by atoms with Crippen molar-refractivity contribution in [2.24, 2.45) is 0 Å². The van der Waals surface area contributed by atoms with Crippen LogP contribution in [0.5, 0.6) is 11.5 Å². The lowest BCUT2D eigenvalue weighted by atomic mass is 10.1. The first kappa shape index (κ1) is 20.7. The van der Waals surface area contributed by atoms with Crippen LogP contribution in [0.1, 0.15) is 11.1 Å². The van der Waals surface area contributed by atoms with Crippen molar-refractivity contribution in [1.82, 2.24) is 10.3 Å². The van der Waals surface area contributed by atoms with Crippen LogP contribution in [0.4, 0.5) is 0 Å². The molecule has 0 atom stereocenters. The second-order valence-corrected chi connectivity index (χ2v) is 8.65. The van der Waals surface area contributed by atoms with E-state index >= 15 is 0 Å². The number of ether oxygens (including phenoxy) is 2. The number of nitrogens with zero attached hydrogens (tertiary/aromatic N) is 1. The molecule has 0 unspecified atom stereocenters. The Labute approximate surface area is 185 Å². The largest absolute Gasteiger partial charge is 0.493 e. The Morgan fingerprint density at radius 1 is 0.967 bits per heavy atom. The second-order valence-electron chi connectivity index (χ2n) is 6.82. The zero-order chi connectivity index (χ0) is 20.9. The minimum absolute atomic E-state index is 0.730. The molecule has 2 aromatic carbocycles. The van der Waals surface area contributed by atoms with Gasteiger partial charge in [-0.3, -0.25) is 0 Å². The normalized spacial score (nSPS) is 11.0. The Morgan fingerprint density at radius 3 is 2.57 bits per heavy atom. The van der Waals surface area contributed by atoms with E-state index < -0.39 is 0 Å². The van der Waals surface area contributed by atoms with Crippen molar-refractivity contribution in [2.45, 2.75) is 18.0 Å². The summed E-state index contributed by atoms with van der Waals surface area (Å²) in [6.45, 7) is 1.46. The molecule has 2 heterocycles. The maximum Gasteiger partial charge on any atom is 0.161 e. The van der Waals surface area contributed by atoms with Crippen molar-refractivity contribution in [2.75, 3.05) is 20.5 Å². The number of aromatic nitrogens is 1. The van der Waals surface area contributed by atoms with Crippen LogP contribution in [0, 0.1) is 0 Å². The zero-order valence-electron chi connectivity index (χ0n) is 17.3. The monoisotopic (exact) mass is 436 g/mol. The molecule has 0 aliphatic heterocycles. The van der Waals surface area contributed by atoms with E-state index in [1.165, 1.54) is 15.3 Å². The molecule has 4 rings (SSSR count). The molecular weight excluding hydrogens is 412 g/mol. The summed E-state index contributed by atoms with van der Waals surface area (Å²) in [6.07, 6.45) is 2.09. The SMILES string of the molecule is COc1ccc(CNCc2cc3ccc(SC)cc3nc2-c2cccs2)cc1OC. The molecule has 0 bridgehead atoms. The summed E-state index contributed by atoms with van der Waals surface area (Å²) in [5, 5.41) is 6.82. The van der Waals surface area contributed by atoms with Crippen molar-refractivity contribution < 1.29 is 9.47 Å². The number of pyridine rings is 1. The molecule has 154 valence electrons. The fourth-order valence-corrected chi connectivity index (χ4v) is 4.59. The molecule has 0 saturated heterocycles. The lowest BCUT2D eigenvalue weighted by Gasteiger charge is -2.13. The number of thioether (sulfide) groups is 1. The molecule has 6 heteroatoms. The number of methoxy groups -OCH3 is 2. The summed E-state index contributed by atoms with van der Waals surface area (Å²) in [5.41, 5.74) is 4.43. The van der Waals surface area contributed by atoms with Crippen LogP contribution in [0.2, 0.25) is 0 Å². The van der Waals surface area contributed by atoms with Crippen molar-refractivity contribution in [3.05, 3.63) is 71.1 Å². The maximum absolute atomic E-state index is 5.41. The minimum Gasteiger partial charge on any atom is -0.493 e. The lowest BCUT2D eigenvalue weighted by Crippen LogP contribution is -2.14. The number of benzene rings is 2. The molecule has 0 aliphatic rings. The van der Waals surface area contributed by atoms with Gasteiger partial charge in [-0.1, -0.05) is 18.2 Å². The van der Waals surface area contributed by atoms with Gasteiger partial charge in [0, 0.05) is 23.4 Å². The number of nitrogens with one attached hydrogen (secondary N) is 1. The molecule has 0 saturated carbocycles. The minimum atomic E-state index is 0.730. The van der Waals surface area contributed by atoms with Gasteiger partial charge in [0.15, 0.2) is 11.5 Å². The molecule has 0 amide bonds. The fraction of sp³-hybridized carbons (Fsp3) is 0.208. The molecule has 2 aromatic heterocycles. The molecular formula is C24H24N2O2S2. The van der Waals surface area contributed by atoms with Gasteiger partial charge < -0.3 is 14.8 Å². The van der Waals surface area contributed by atoms with Crippen molar-refractivity contribution >= 4 is 34.0 Å². The number of hydrogen-bond donors (Lipinski definition) is 1. The van der Waals surface area contributed by atoms with E-state index in [1.54, 1.807) is 37.3 Å². The highest BCUT2D eigenvalue weighted by molar-refractivity contribution is 7.98. The summed E-state index contributed by atoms with van der Waals surface area (Å²) in [5.74, 6) is 1.48. The van der Waals surface area contributed by atoms with E-state index in [2.05, 4.69) is 59.4 Å². The first-order valence-corrected chi connectivity index (χ1v) is 11.8. The van der Waals surface area contributed by atoms with E-state index in [0.29, 0.717) is 0 Å². The van der Waals surface area contributed by atoms with Crippen LogP contribution in [0.15, 0.2) is 64.9 Å². The van der Waals surface area contributed by atoms with Crippen LogP contribution >= 0.6 is 23.1 Å². The topological polar surface area (TPSA) is 43.4 Å². The van der Waals surface area contributed by atoms with Crippen molar-refractivity contribution in [3.63, 3.8) is 0 Å². The number of thiophene rings is 1. The van der Waals surface area contributed by atoms with Crippen molar-refractivity contribution in [3.8, 4) is 22.1 Å². The highest BCUT2D eigenvalue weighted by Gasteiger charge is 2.11. The smallest absolute Gasteiger partial charge is 0.161 e. The molecule has 4 aromatic rings. The summed E-state index contributed by atoms with van der Waals surface area (Å²) >= 11 is 3.46. The van der Waals surface area contributed by atoms with Gasteiger partial charge in [0.1, 0.15) is 0 Å². The van der Waals surface area contributed by atoms with E-state index in [4.69, 9.17) is 14.5 Å². The predicted molar refractivity (Wildman–Crippen MR) is 127 cm³/mol. The van der Waals surface area contributed by atoms with E-state index in [-0.39, 0.29) is 0 Å². The number of hydrogen-bond acceptors (Lipinski definition) is 6. The Hall–Kier alpha value is -2.54. The summed E-state index contributed by atoms with van der Waals surface area (Å²) in [7, 11) is 3.31. The highest BCUT2D eigenvalue weighted by atomic mass is 32.2. The van der Waals surface area contributed by atoms with Crippen LogP contribution in [-0.2, 0) is 13.1 Å². The van der Waals surface area contributed by atoms with E-state index in [0.717, 1.165) is 46.7 Å². The van der Waals surface area contributed by atoms with Crippen LogP contribution in [-0.4, -0.2) is 25.5 Å². The summed E-state index contributed by atoms with van der Waals surface area (Å²) < 4.78 is 10.7. The van der Waals surface area contributed by atoms with Gasteiger partial charge >= 0.3 is 0 Å². The molecule has 0 fully saturated rings. The van der Waals surface area contributed by atoms with Gasteiger partial charge in [0.05, 0.1) is 30.3 Å². The third kappa shape index (κ3) is 4.46. The van der Waals surface area contributed by atoms with Gasteiger partial charge in [-0.05, 0) is 59.2 Å². The first-order valence-electron chi connectivity index (χ1n) is 9.65. The van der Waals surface area contributed by atoms with Crippen molar-refractivity contribution in [1.29, 1.82) is 0 Å². The fourth-order valence-electron chi connectivity index (χ4n) is 3.41.